The van der Waals surface area contributed by atoms with Crippen molar-refractivity contribution in [1.82, 2.24) is 9.29 Å². The minimum Gasteiger partial charge on any atom is -0.277 e. The molecule has 42 heavy (non-hydrogen) atoms. The number of rotatable bonds is 10. The van der Waals surface area contributed by atoms with Crippen LogP contribution in [0.3, 0.4) is 0 Å². The fraction of sp³-hybridized carbons (Fsp3) is 0.259. The number of nitrogens with zero attached hydrogens (tertiary/aromatic N) is 5. The molecule has 12 nitrogen and oxygen atoms in total. The SMILES string of the molecule is CC[C@@H]1CCCCN1S(=O)(=O)c1cc([N+](=O)[O-])ccc1N/N=C\c1ccc(Sc2nc3ccccc3s2)c([N+](=O)[O-])c1. The Morgan fingerprint density at radius 1 is 1.12 bits per heavy atom. The van der Waals surface area contributed by atoms with Gasteiger partial charge in [-0.3, -0.25) is 25.7 Å². The number of non-ortho nitro benzene ring substituents is 1. The molecule has 4 aromatic rings. The van der Waals surface area contributed by atoms with Gasteiger partial charge in [0.1, 0.15) is 4.90 Å². The molecule has 5 rings (SSSR count). The van der Waals surface area contributed by atoms with Crippen molar-refractivity contribution in [3.63, 3.8) is 0 Å². The Morgan fingerprint density at radius 3 is 2.67 bits per heavy atom. The lowest BCUT2D eigenvalue weighted by atomic mass is 10.0. The fourth-order valence-electron chi connectivity index (χ4n) is 4.76. The topological polar surface area (TPSA) is 161 Å². The summed E-state index contributed by atoms with van der Waals surface area (Å²) in [6, 6.07) is 15.6. The molecule has 0 spiro atoms. The zero-order chi connectivity index (χ0) is 29.9. The summed E-state index contributed by atoms with van der Waals surface area (Å²) < 4.78 is 30.4. The van der Waals surface area contributed by atoms with Crippen molar-refractivity contribution < 1.29 is 18.3 Å². The van der Waals surface area contributed by atoms with E-state index in [0.717, 1.165) is 29.1 Å². The van der Waals surface area contributed by atoms with Crippen molar-refractivity contribution in [1.29, 1.82) is 0 Å². The number of hydrogen-bond donors (Lipinski definition) is 1. The molecule has 1 aliphatic rings. The molecule has 0 bridgehead atoms. The average molecular weight is 627 g/mol. The molecule has 3 aromatic carbocycles. The van der Waals surface area contributed by atoms with Gasteiger partial charge in [-0.1, -0.05) is 43.3 Å². The van der Waals surface area contributed by atoms with Crippen molar-refractivity contribution >= 4 is 66.6 Å². The van der Waals surface area contributed by atoms with Gasteiger partial charge in [0, 0.05) is 36.3 Å². The second kappa shape index (κ2) is 12.5. The molecule has 0 saturated carbocycles. The molecule has 2 heterocycles. The number of piperidine rings is 1. The largest absolute Gasteiger partial charge is 0.283 e. The molecule has 1 atom stereocenters. The van der Waals surface area contributed by atoms with Gasteiger partial charge in [0.05, 0.1) is 36.9 Å². The summed E-state index contributed by atoms with van der Waals surface area (Å²) in [5.74, 6) is 0. The smallest absolute Gasteiger partial charge is 0.277 e. The number of nitro groups is 2. The highest BCUT2D eigenvalue weighted by atomic mass is 32.2. The van der Waals surface area contributed by atoms with Gasteiger partial charge in [-0.05, 0) is 43.5 Å². The predicted octanol–water partition coefficient (Wildman–Crippen LogP) is 6.66. The van der Waals surface area contributed by atoms with Crippen molar-refractivity contribution in [3.8, 4) is 0 Å². The predicted molar refractivity (Wildman–Crippen MR) is 163 cm³/mol. The van der Waals surface area contributed by atoms with Crippen LogP contribution in [0, 0.1) is 20.2 Å². The summed E-state index contributed by atoms with van der Waals surface area (Å²) in [7, 11) is -4.07. The van der Waals surface area contributed by atoms with Crippen LogP contribution in [0.2, 0.25) is 0 Å². The Hall–Kier alpha value is -3.92. The van der Waals surface area contributed by atoms with Crippen LogP contribution in [0.1, 0.15) is 38.2 Å². The highest BCUT2D eigenvalue weighted by Crippen LogP contribution is 2.39. The van der Waals surface area contributed by atoms with Gasteiger partial charge in [-0.2, -0.15) is 9.41 Å². The van der Waals surface area contributed by atoms with E-state index in [2.05, 4.69) is 15.5 Å². The molecule has 15 heteroatoms. The number of nitro benzene ring substituents is 2. The maximum atomic E-state index is 13.7. The third-order valence-corrected chi connectivity index (χ3v) is 11.0. The number of sulfonamides is 1. The minimum atomic E-state index is -4.07. The lowest BCUT2D eigenvalue weighted by Gasteiger charge is -2.34. The number of fused-ring (bicyclic) bond motifs is 1. The second-order valence-corrected chi connectivity index (χ2v) is 13.7. The van der Waals surface area contributed by atoms with E-state index in [9.17, 15) is 28.6 Å². The second-order valence-electron chi connectivity index (χ2n) is 9.52. The number of aromatic nitrogens is 1. The zero-order valence-electron chi connectivity index (χ0n) is 22.4. The van der Waals surface area contributed by atoms with Crippen LogP contribution < -0.4 is 5.43 Å². The molecular weight excluding hydrogens is 601 g/mol. The summed E-state index contributed by atoms with van der Waals surface area (Å²) in [6.07, 6.45) is 4.29. The average Bonchev–Trinajstić information content (AvgIpc) is 3.40. The van der Waals surface area contributed by atoms with Gasteiger partial charge < -0.3 is 0 Å². The summed E-state index contributed by atoms with van der Waals surface area (Å²) in [6.45, 7) is 2.24. The molecule has 1 saturated heterocycles. The molecule has 1 aliphatic heterocycles. The van der Waals surface area contributed by atoms with Crippen LogP contribution in [0.4, 0.5) is 17.1 Å². The van der Waals surface area contributed by atoms with E-state index in [1.165, 1.54) is 51.8 Å². The lowest BCUT2D eigenvalue weighted by Crippen LogP contribution is -2.43. The highest BCUT2D eigenvalue weighted by Gasteiger charge is 2.35. The molecule has 1 N–H and O–H groups in total. The summed E-state index contributed by atoms with van der Waals surface area (Å²) in [4.78, 5) is 26.9. The highest BCUT2D eigenvalue weighted by molar-refractivity contribution is 8.01. The first kappa shape index (κ1) is 29.6. The van der Waals surface area contributed by atoms with E-state index in [-0.39, 0.29) is 28.0 Å². The Labute approximate surface area is 249 Å². The monoisotopic (exact) mass is 626 g/mol. The Morgan fingerprint density at radius 2 is 1.93 bits per heavy atom. The van der Waals surface area contributed by atoms with E-state index < -0.39 is 19.9 Å². The van der Waals surface area contributed by atoms with Gasteiger partial charge in [0.25, 0.3) is 11.4 Å². The number of thiazole rings is 1. The summed E-state index contributed by atoms with van der Waals surface area (Å²) in [5.41, 5.74) is 3.48. The van der Waals surface area contributed by atoms with Crippen molar-refractivity contribution in [2.45, 2.75) is 52.8 Å². The van der Waals surface area contributed by atoms with Gasteiger partial charge in [0.15, 0.2) is 4.34 Å². The zero-order valence-corrected chi connectivity index (χ0v) is 24.8. The Bertz CT molecular complexity index is 1760. The van der Waals surface area contributed by atoms with Gasteiger partial charge in [-0.15, -0.1) is 11.3 Å². The number of para-hydroxylation sites is 1. The van der Waals surface area contributed by atoms with Gasteiger partial charge in [0.2, 0.25) is 10.0 Å². The van der Waals surface area contributed by atoms with Crippen molar-refractivity contribution in [2.75, 3.05) is 12.0 Å². The Balaban J connectivity index is 1.40. The number of nitrogens with one attached hydrogen (secondary N) is 1. The first-order valence-corrected chi connectivity index (χ1v) is 16.2. The molecule has 1 aromatic heterocycles. The molecule has 218 valence electrons. The van der Waals surface area contributed by atoms with Crippen LogP contribution >= 0.6 is 23.1 Å². The van der Waals surface area contributed by atoms with E-state index in [4.69, 9.17) is 0 Å². The normalized spacial score (nSPS) is 16.2. The van der Waals surface area contributed by atoms with E-state index in [0.29, 0.717) is 34.2 Å². The van der Waals surface area contributed by atoms with Crippen LogP contribution in [0.25, 0.3) is 10.2 Å². The maximum absolute atomic E-state index is 13.7. The lowest BCUT2D eigenvalue weighted by molar-refractivity contribution is -0.387. The number of hydrazone groups is 1. The van der Waals surface area contributed by atoms with E-state index >= 15 is 0 Å². The first-order chi connectivity index (χ1) is 20.2. The molecular formula is C27H26N6O6S3. The third kappa shape index (κ3) is 6.28. The molecule has 0 amide bonds. The molecule has 1 fully saturated rings. The number of anilines is 1. The minimum absolute atomic E-state index is 0.0646. The third-order valence-electron chi connectivity index (χ3n) is 6.86. The van der Waals surface area contributed by atoms with Crippen LogP contribution in [-0.2, 0) is 10.0 Å². The molecule has 0 radical (unpaired) electrons. The van der Waals surface area contributed by atoms with Crippen molar-refractivity contribution in [3.05, 3.63) is 86.5 Å². The summed E-state index contributed by atoms with van der Waals surface area (Å²) in [5, 5.41) is 27.4. The Kier molecular flexibility index (Phi) is 8.82. The summed E-state index contributed by atoms with van der Waals surface area (Å²) >= 11 is 2.64. The van der Waals surface area contributed by atoms with Crippen LogP contribution in [0.15, 0.2) is 79.9 Å². The maximum Gasteiger partial charge on any atom is 0.283 e. The quantitative estimate of drug-likeness (QED) is 0.115. The van der Waals surface area contributed by atoms with E-state index in [1.807, 2.05) is 31.2 Å². The van der Waals surface area contributed by atoms with E-state index in [1.54, 1.807) is 12.1 Å². The molecule has 0 aliphatic carbocycles. The number of hydrogen-bond acceptors (Lipinski definition) is 11. The van der Waals surface area contributed by atoms with Crippen molar-refractivity contribution in [2.24, 2.45) is 5.10 Å². The standard InChI is InChI=1S/C27H26N6O6S3/c1-2-19-7-5-6-14-31(19)42(38,39)26-16-20(32(34)35)11-12-22(26)30-28-17-18-10-13-25(23(15-18)33(36)37)41-27-29-21-8-3-4-9-24(21)40-27/h3-4,8-13,15-17,19,30H,2,5-7,14H2,1H3/b28-17-/t19-/m1/s1. The van der Waals surface area contributed by atoms with Gasteiger partial charge >= 0.3 is 0 Å². The fourth-order valence-corrected chi connectivity index (χ4v) is 8.80. The molecule has 0 unspecified atom stereocenters. The first-order valence-electron chi connectivity index (χ1n) is 13.1. The van der Waals surface area contributed by atoms with Crippen LogP contribution in [-0.4, -0.2) is 46.4 Å². The van der Waals surface area contributed by atoms with Crippen LogP contribution in [0.5, 0.6) is 0 Å². The van der Waals surface area contributed by atoms with Gasteiger partial charge in [-0.25, -0.2) is 13.4 Å². The number of benzene rings is 3.